The summed E-state index contributed by atoms with van der Waals surface area (Å²) >= 11 is 0. The number of ether oxygens (including phenoxy) is 3. The van der Waals surface area contributed by atoms with Gasteiger partial charge in [-0.25, -0.2) is 0 Å². The smallest absolute Gasteiger partial charge is 0.290 e. The van der Waals surface area contributed by atoms with Crippen LogP contribution in [0, 0.1) is 0 Å². The van der Waals surface area contributed by atoms with Crippen molar-refractivity contribution >= 4 is 25.8 Å². The molecular weight excluding hydrogens is 518 g/mol. The van der Waals surface area contributed by atoms with E-state index in [0.29, 0.717) is 42.5 Å². The number of anilines is 1. The van der Waals surface area contributed by atoms with Gasteiger partial charge in [0.05, 0.1) is 27.9 Å². The highest BCUT2D eigenvalue weighted by Gasteiger charge is 2.50. The molecule has 39 heavy (non-hydrogen) atoms. The first kappa shape index (κ1) is 28.4. The van der Waals surface area contributed by atoms with E-state index in [-0.39, 0.29) is 29.6 Å². The van der Waals surface area contributed by atoms with Crippen LogP contribution >= 0.6 is 0 Å². The number of rotatable bonds is 9. The van der Waals surface area contributed by atoms with Crippen molar-refractivity contribution in [2.45, 2.75) is 50.0 Å². The fourth-order valence-corrected chi connectivity index (χ4v) is 7.42. The lowest BCUT2D eigenvalue weighted by Crippen LogP contribution is -2.50. The monoisotopic (exact) mass is 555 g/mol. The summed E-state index contributed by atoms with van der Waals surface area (Å²) in [5.74, 6) is 1.06. The summed E-state index contributed by atoms with van der Waals surface area (Å²) in [5, 5.41) is -0.590. The molecule has 1 saturated heterocycles. The number of hydrogen-bond acceptors (Lipinski definition) is 9. The van der Waals surface area contributed by atoms with Gasteiger partial charge in [-0.2, -0.15) is 9.97 Å². The molecule has 4 rings (SSSR count). The van der Waals surface area contributed by atoms with Crippen molar-refractivity contribution in [1.82, 2.24) is 14.9 Å². The maximum atomic E-state index is 13.0. The number of carbonyl (C=O) groups excluding carboxylic acids is 2. The summed E-state index contributed by atoms with van der Waals surface area (Å²) in [5.41, 5.74) is 6.02. The molecule has 2 aromatic rings. The largest absolute Gasteiger partial charge is 0.481 e. The average molecular weight is 556 g/mol. The second-order valence-corrected chi connectivity index (χ2v) is 16.4. The summed E-state index contributed by atoms with van der Waals surface area (Å²) in [4.78, 5) is 37.7. The van der Waals surface area contributed by atoms with Crippen molar-refractivity contribution in [3.63, 3.8) is 0 Å². The highest BCUT2D eigenvalue weighted by molar-refractivity contribution is 6.79. The maximum Gasteiger partial charge on any atom is 0.290 e. The van der Waals surface area contributed by atoms with Crippen molar-refractivity contribution in [1.29, 1.82) is 0 Å². The molecule has 0 saturated carbocycles. The topological polar surface area (TPSA) is 133 Å². The van der Waals surface area contributed by atoms with Crippen LogP contribution in [0.5, 0.6) is 17.7 Å². The lowest BCUT2D eigenvalue weighted by atomic mass is 9.90. The number of amides is 2. The van der Waals surface area contributed by atoms with Crippen molar-refractivity contribution < 1.29 is 28.2 Å². The van der Waals surface area contributed by atoms with E-state index < -0.39 is 19.0 Å². The molecule has 0 aromatic carbocycles. The third-order valence-corrected chi connectivity index (χ3v) is 10.8. The van der Waals surface area contributed by atoms with Crippen molar-refractivity contribution in [3.8, 4) is 17.7 Å². The minimum absolute atomic E-state index is 0.0184. The Morgan fingerprint density at radius 2 is 1.85 bits per heavy atom. The summed E-state index contributed by atoms with van der Waals surface area (Å²) < 4.78 is 23.2. The van der Waals surface area contributed by atoms with Crippen molar-refractivity contribution in [3.05, 3.63) is 47.4 Å². The lowest BCUT2D eigenvalue weighted by Gasteiger charge is -2.44. The van der Waals surface area contributed by atoms with Crippen LogP contribution in [0.4, 0.5) is 5.95 Å². The molecule has 11 nitrogen and oxygen atoms in total. The van der Waals surface area contributed by atoms with E-state index in [1.165, 1.54) is 6.07 Å². The van der Waals surface area contributed by atoms with E-state index >= 15 is 0 Å². The number of primary amides is 1. The van der Waals surface area contributed by atoms with Crippen LogP contribution in [-0.4, -0.2) is 75.7 Å². The summed E-state index contributed by atoms with van der Waals surface area (Å²) in [7, 11) is 4.93. The van der Waals surface area contributed by atoms with Crippen LogP contribution in [0.15, 0.2) is 40.5 Å². The summed E-state index contributed by atoms with van der Waals surface area (Å²) in [6, 6.07) is 3.22. The van der Waals surface area contributed by atoms with E-state index in [0.717, 1.165) is 6.42 Å². The molecule has 2 atom stereocenters. The van der Waals surface area contributed by atoms with Gasteiger partial charge < -0.3 is 29.3 Å². The number of carbonyl (C=O) groups is 2. The first-order valence-corrected chi connectivity index (χ1v) is 16.3. The third kappa shape index (κ3) is 5.43. The van der Waals surface area contributed by atoms with Gasteiger partial charge in [0.25, 0.3) is 11.9 Å². The highest BCUT2D eigenvalue weighted by Crippen LogP contribution is 2.50. The van der Waals surface area contributed by atoms with E-state index in [1.807, 2.05) is 26.2 Å². The minimum Gasteiger partial charge on any atom is -0.481 e. The van der Waals surface area contributed by atoms with Crippen molar-refractivity contribution in [2.24, 2.45) is 5.73 Å². The number of furan rings is 1. The van der Waals surface area contributed by atoms with Gasteiger partial charge in [-0.05, 0) is 32.7 Å². The number of nitrogens with two attached hydrogens (primary N) is 1. The first-order valence-electron chi connectivity index (χ1n) is 12.8. The second-order valence-electron chi connectivity index (χ2n) is 11.0. The fraction of sp³-hybridized carbons (Fsp3) is 0.481. The number of aromatic nitrogens is 2. The Hall–Kier alpha value is -3.64. The van der Waals surface area contributed by atoms with Gasteiger partial charge in [0.15, 0.2) is 5.76 Å². The molecule has 2 unspecified atom stereocenters. The maximum absolute atomic E-state index is 13.0. The van der Waals surface area contributed by atoms with E-state index in [4.69, 9.17) is 34.3 Å². The molecule has 2 N–H and O–H groups in total. The molecule has 0 spiro atoms. The minimum atomic E-state index is -2.15. The van der Waals surface area contributed by atoms with Crippen molar-refractivity contribution in [2.75, 3.05) is 39.8 Å². The van der Waals surface area contributed by atoms with E-state index in [9.17, 15) is 9.59 Å². The molecule has 0 bridgehead atoms. The molecule has 1 aliphatic heterocycles. The van der Waals surface area contributed by atoms with Crippen LogP contribution < -0.4 is 24.8 Å². The van der Waals surface area contributed by atoms with E-state index in [1.54, 1.807) is 25.2 Å². The lowest BCUT2D eigenvalue weighted by molar-refractivity contribution is -0.121. The van der Waals surface area contributed by atoms with Crippen LogP contribution in [0.1, 0.15) is 35.4 Å². The fourth-order valence-electron chi connectivity index (χ4n) is 5.16. The van der Waals surface area contributed by atoms with E-state index in [2.05, 4.69) is 30.6 Å². The third-order valence-electron chi connectivity index (χ3n) is 7.54. The van der Waals surface area contributed by atoms with Gasteiger partial charge in [0.2, 0.25) is 23.6 Å². The number of methoxy groups -OCH3 is 2. The quantitative estimate of drug-likeness (QED) is 0.463. The van der Waals surface area contributed by atoms with Crippen LogP contribution in [-0.2, 0) is 9.83 Å². The predicted molar refractivity (Wildman–Crippen MR) is 149 cm³/mol. The normalized spacial score (nSPS) is 21.6. The zero-order valence-electron chi connectivity index (χ0n) is 23.6. The van der Waals surface area contributed by atoms with Gasteiger partial charge >= 0.3 is 0 Å². The number of hydrogen-bond donors (Lipinski definition) is 1. The molecule has 2 amide bonds. The molecule has 1 fully saturated rings. The van der Waals surface area contributed by atoms with Gasteiger partial charge in [-0.15, -0.1) is 0 Å². The molecule has 12 heteroatoms. The Morgan fingerprint density at radius 1 is 1.18 bits per heavy atom. The van der Waals surface area contributed by atoms with Crippen LogP contribution in [0.25, 0.3) is 0 Å². The number of allylic oxidation sites excluding steroid dienone is 4. The summed E-state index contributed by atoms with van der Waals surface area (Å²) in [6.07, 6.45) is 7.56. The van der Waals surface area contributed by atoms with Gasteiger partial charge in [0, 0.05) is 36.5 Å². The summed E-state index contributed by atoms with van der Waals surface area (Å²) in [6.45, 7) is 7.21. The SMILES string of the molecule is COc1nc(N2CCC(N(C)C)CC2=O)nc(OC)c1C1([Si](C)(C)C)C=CC=C(Oc2ccc(C(N)=O)o2)C1. The Bertz CT molecular complexity index is 1290. The highest BCUT2D eigenvalue weighted by atomic mass is 28.3. The Labute approximate surface area is 229 Å². The molecule has 1 aliphatic carbocycles. The average Bonchev–Trinajstić information content (AvgIpc) is 3.36. The van der Waals surface area contributed by atoms with Gasteiger partial charge in [0.1, 0.15) is 5.76 Å². The Kier molecular flexibility index (Phi) is 7.89. The second kappa shape index (κ2) is 10.9. The van der Waals surface area contributed by atoms with Crippen LogP contribution in [0.3, 0.4) is 0 Å². The van der Waals surface area contributed by atoms with Crippen LogP contribution in [0.2, 0.25) is 19.6 Å². The van der Waals surface area contributed by atoms with Gasteiger partial charge in [-0.3, -0.25) is 14.5 Å². The molecule has 0 radical (unpaired) electrons. The zero-order chi connectivity index (χ0) is 28.5. The number of nitrogens with zero attached hydrogens (tertiary/aromatic N) is 4. The number of piperidine rings is 1. The molecule has 2 aromatic heterocycles. The first-order chi connectivity index (χ1) is 18.4. The Morgan fingerprint density at radius 3 is 2.36 bits per heavy atom. The Balaban J connectivity index is 1.74. The molecule has 2 aliphatic rings. The molecule has 210 valence electrons. The molecule has 3 heterocycles. The zero-order valence-corrected chi connectivity index (χ0v) is 24.6. The predicted octanol–water partition coefficient (Wildman–Crippen LogP) is 3.28. The standard InChI is InChI=1S/C27H37N5O6Si/c1-31(2)17-12-14-32(20(33)15-17)26-29-24(35-3)22(25(30-26)36-4)27(39(5,6)7)13-8-9-18(16-27)37-21-11-10-19(38-21)23(28)34/h8-11,13,17H,12,14-16H2,1-7H3,(H2,28,34). The molecular formula is C27H37N5O6Si. The van der Waals surface area contributed by atoms with Gasteiger partial charge in [-0.1, -0.05) is 31.8 Å².